The Hall–Kier alpha value is -2.58. The molecular formula is C12H17N3O6. The van der Waals surface area contributed by atoms with Gasteiger partial charge >= 0.3 is 18.1 Å². The van der Waals surface area contributed by atoms with E-state index in [-0.39, 0.29) is 18.3 Å². The van der Waals surface area contributed by atoms with Crippen molar-refractivity contribution in [3.8, 4) is 0 Å². The first kappa shape index (κ1) is 16.5. The molecule has 0 spiro atoms. The van der Waals surface area contributed by atoms with Crippen LogP contribution in [0.25, 0.3) is 0 Å². The number of anilines is 1. The van der Waals surface area contributed by atoms with E-state index in [2.05, 4.69) is 20.3 Å². The lowest BCUT2D eigenvalue weighted by atomic mass is 10.2. The third-order valence-corrected chi connectivity index (χ3v) is 1.84. The first-order valence-corrected chi connectivity index (χ1v) is 6.12. The summed E-state index contributed by atoms with van der Waals surface area (Å²) in [4.78, 5) is 31.0. The van der Waals surface area contributed by atoms with Crippen LogP contribution in [0.4, 0.5) is 10.8 Å². The summed E-state index contributed by atoms with van der Waals surface area (Å²) in [6, 6.07) is -0.204. The predicted octanol–water partition coefficient (Wildman–Crippen LogP) is 1.85. The van der Waals surface area contributed by atoms with Crippen LogP contribution >= 0.6 is 0 Å². The van der Waals surface area contributed by atoms with E-state index in [1.165, 1.54) is 0 Å². The minimum atomic E-state index is -1.33. The van der Waals surface area contributed by atoms with Crippen molar-refractivity contribution in [3.63, 3.8) is 0 Å². The summed E-state index contributed by atoms with van der Waals surface area (Å²) in [5, 5.41) is 14.6. The zero-order chi connectivity index (χ0) is 16.0. The number of aliphatic carboxylic acids is 1. The second-order valence-electron chi connectivity index (χ2n) is 4.83. The summed E-state index contributed by atoms with van der Waals surface area (Å²) in [6.07, 6.45) is 0.271. The summed E-state index contributed by atoms with van der Waals surface area (Å²) >= 11 is 0. The van der Waals surface area contributed by atoms with Gasteiger partial charge in [0.2, 0.25) is 5.71 Å². The minimum absolute atomic E-state index is 0.0815. The van der Waals surface area contributed by atoms with E-state index in [0.29, 0.717) is 0 Å². The third-order valence-electron chi connectivity index (χ3n) is 1.84. The molecule has 9 nitrogen and oxygen atoms in total. The van der Waals surface area contributed by atoms with Crippen molar-refractivity contribution in [1.29, 1.82) is 0 Å². The maximum Gasteiger partial charge on any atom is 0.415 e. The molecule has 0 bridgehead atoms. The number of carboxylic acid groups (broad SMARTS) is 1. The minimum Gasteiger partial charge on any atom is -0.476 e. The van der Waals surface area contributed by atoms with E-state index >= 15 is 0 Å². The fraction of sp³-hybridized carbons (Fsp3) is 0.500. The Morgan fingerprint density at radius 1 is 1.48 bits per heavy atom. The van der Waals surface area contributed by atoms with Crippen LogP contribution in [0.2, 0.25) is 0 Å². The number of aromatic nitrogens is 1. The Morgan fingerprint density at radius 2 is 2.14 bits per heavy atom. The Labute approximate surface area is 120 Å². The highest BCUT2D eigenvalue weighted by Crippen LogP contribution is 2.12. The summed E-state index contributed by atoms with van der Waals surface area (Å²) < 4.78 is 9.94. The number of hydrogen-bond donors (Lipinski definition) is 2. The van der Waals surface area contributed by atoms with Crippen molar-refractivity contribution in [3.05, 3.63) is 12.0 Å². The highest BCUT2D eigenvalue weighted by atomic mass is 16.6. The highest BCUT2D eigenvalue weighted by Gasteiger charge is 2.21. The van der Waals surface area contributed by atoms with Crippen LogP contribution in [-0.4, -0.2) is 40.1 Å². The van der Waals surface area contributed by atoms with E-state index < -0.39 is 23.4 Å². The Kier molecular flexibility index (Phi) is 5.28. The Balaban J connectivity index is 2.80. The summed E-state index contributed by atoms with van der Waals surface area (Å²) in [6.45, 7) is 6.96. The molecule has 1 aromatic heterocycles. The molecule has 21 heavy (non-hydrogen) atoms. The molecule has 9 heteroatoms. The van der Waals surface area contributed by atoms with Crippen LogP contribution in [0, 0.1) is 0 Å². The normalized spacial score (nSPS) is 11.9. The number of oxazole rings is 1. The number of nitrogens with zero attached hydrogens (tertiary/aromatic N) is 2. The number of carbonyl (C=O) groups excluding carboxylic acids is 1. The quantitative estimate of drug-likeness (QED) is 0.628. The first-order chi connectivity index (χ1) is 9.73. The molecule has 0 aliphatic carbocycles. The molecule has 0 aromatic carbocycles. The van der Waals surface area contributed by atoms with Crippen LogP contribution in [0.1, 0.15) is 33.4 Å². The number of ether oxygens (including phenoxy) is 1. The maximum atomic E-state index is 11.5. The molecule has 1 amide bonds. The second-order valence-corrected chi connectivity index (χ2v) is 4.83. The smallest absolute Gasteiger partial charge is 0.415 e. The topological polar surface area (TPSA) is 123 Å². The summed E-state index contributed by atoms with van der Waals surface area (Å²) in [7, 11) is 0. The van der Waals surface area contributed by atoms with Crippen molar-refractivity contribution >= 4 is 23.8 Å². The first-order valence-electron chi connectivity index (χ1n) is 6.12. The van der Waals surface area contributed by atoms with Crippen molar-refractivity contribution in [2.75, 3.05) is 11.9 Å². The molecule has 0 aliphatic heterocycles. The highest BCUT2D eigenvalue weighted by molar-refractivity contribution is 6.41. The van der Waals surface area contributed by atoms with Gasteiger partial charge in [0.25, 0.3) is 0 Å². The predicted molar refractivity (Wildman–Crippen MR) is 72.2 cm³/mol. The molecule has 0 aliphatic rings. The van der Waals surface area contributed by atoms with E-state index in [1.54, 1.807) is 27.7 Å². The van der Waals surface area contributed by atoms with Crippen LogP contribution in [-0.2, 0) is 14.4 Å². The number of nitrogens with one attached hydrogen (secondary N) is 1. The third kappa shape index (κ3) is 5.51. The van der Waals surface area contributed by atoms with Gasteiger partial charge in [0, 0.05) is 0 Å². The van der Waals surface area contributed by atoms with Crippen molar-refractivity contribution < 1.29 is 28.7 Å². The lowest BCUT2D eigenvalue weighted by Gasteiger charge is -2.18. The second kappa shape index (κ2) is 6.73. The number of rotatable bonds is 5. The molecule has 0 atom stereocenters. The van der Waals surface area contributed by atoms with Gasteiger partial charge < -0.3 is 19.1 Å². The zero-order valence-electron chi connectivity index (χ0n) is 12.2. The van der Waals surface area contributed by atoms with Gasteiger partial charge in [-0.25, -0.2) is 14.9 Å². The molecular weight excluding hydrogens is 282 g/mol. The zero-order valence-corrected chi connectivity index (χ0v) is 12.2. The van der Waals surface area contributed by atoms with Gasteiger partial charge in [0.05, 0.1) is 0 Å². The van der Waals surface area contributed by atoms with Gasteiger partial charge in [0.15, 0.2) is 0 Å². The van der Waals surface area contributed by atoms with Crippen LogP contribution < -0.4 is 5.32 Å². The standard InChI is InChI=1S/C12H17N3O6/c1-5-20-15-8(9(16)17)7-6-19-10(13-7)14-11(18)21-12(2,3)4/h6H,5H2,1-4H3,(H,16,17)(H,13,14,18). The van der Waals surface area contributed by atoms with Crippen molar-refractivity contribution in [2.24, 2.45) is 5.16 Å². The van der Waals surface area contributed by atoms with Gasteiger partial charge in [-0.05, 0) is 27.7 Å². The van der Waals surface area contributed by atoms with E-state index in [4.69, 9.17) is 14.3 Å². The van der Waals surface area contributed by atoms with Crippen molar-refractivity contribution in [2.45, 2.75) is 33.3 Å². The molecule has 0 fully saturated rings. The van der Waals surface area contributed by atoms with Crippen LogP contribution in [0.5, 0.6) is 0 Å². The molecule has 116 valence electrons. The largest absolute Gasteiger partial charge is 0.476 e. The van der Waals surface area contributed by atoms with Gasteiger partial charge in [-0.3, -0.25) is 0 Å². The fourth-order valence-corrected chi connectivity index (χ4v) is 1.16. The molecule has 0 radical (unpaired) electrons. The number of carbonyl (C=O) groups is 2. The molecule has 1 rings (SSSR count). The monoisotopic (exact) mass is 299 g/mol. The van der Waals surface area contributed by atoms with E-state index in [9.17, 15) is 9.59 Å². The van der Waals surface area contributed by atoms with Crippen molar-refractivity contribution in [1.82, 2.24) is 4.98 Å². The molecule has 2 N–H and O–H groups in total. The van der Waals surface area contributed by atoms with E-state index in [1.807, 2.05) is 0 Å². The lowest BCUT2D eigenvalue weighted by molar-refractivity contribution is -0.129. The number of oxime groups is 1. The average molecular weight is 299 g/mol. The number of amides is 1. The van der Waals surface area contributed by atoms with E-state index in [0.717, 1.165) is 6.26 Å². The Bertz CT molecular complexity index is 543. The lowest BCUT2D eigenvalue weighted by Crippen LogP contribution is -2.27. The molecule has 1 aromatic rings. The summed E-state index contributed by atoms with van der Waals surface area (Å²) in [5.41, 5.74) is -1.19. The van der Waals surface area contributed by atoms with Gasteiger partial charge in [-0.2, -0.15) is 4.98 Å². The van der Waals surface area contributed by atoms with Gasteiger partial charge in [0.1, 0.15) is 24.2 Å². The summed E-state index contributed by atoms with van der Waals surface area (Å²) in [5.74, 6) is -1.33. The maximum absolute atomic E-state index is 11.5. The fourth-order valence-electron chi connectivity index (χ4n) is 1.16. The Morgan fingerprint density at radius 3 is 2.67 bits per heavy atom. The van der Waals surface area contributed by atoms with Gasteiger partial charge in [-0.1, -0.05) is 5.16 Å². The molecule has 0 unspecified atom stereocenters. The molecule has 0 saturated heterocycles. The molecule has 0 saturated carbocycles. The molecule has 1 heterocycles. The SMILES string of the molecule is CCON=C(C(=O)O)c1coc(NC(=O)OC(C)(C)C)n1. The average Bonchev–Trinajstić information content (AvgIpc) is 2.74. The van der Waals surface area contributed by atoms with Crippen LogP contribution in [0.15, 0.2) is 15.8 Å². The number of hydrogen-bond acceptors (Lipinski definition) is 7. The van der Waals surface area contributed by atoms with Crippen LogP contribution in [0.3, 0.4) is 0 Å². The number of carboxylic acids is 1. The van der Waals surface area contributed by atoms with Gasteiger partial charge in [-0.15, -0.1) is 0 Å².